The molecule has 27 heavy (non-hydrogen) atoms. The SMILES string of the molecule is COCC(=O)N1CCC[C@@]2(CN(CCCOc3ccccc3)CC[C@H]2O)C1. The second-order valence-corrected chi connectivity index (χ2v) is 7.81. The maximum atomic E-state index is 12.2. The Morgan fingerprint density at radius 2 is 2.07 bits per heavy atom. The molecule has 1 spiro atoms. The fourth-order valence-electron chi connectivity index (χ4n) is 4.42. The molecule has 2 aliphatic rings. The number of aliphatic hydroxyl groups is 1. The molecule has 0 aromatic heterocycles. The van der Waals surface area contributed by atoms with Gasteiger partial charge in [0.15, 0.2) is 0 Å². The summed E-state index contributed by atoms with van der Waals surface area (Å²) in [5.74, 6) is 0.930. The quantitative estimate of drug-likeness (QED) is 0.735. The summed E-state index contributed by atoms with van der Waals surface area (Å²) in [6, 6.07) is 9.88. The van der Waals surface area contributed by atoms with Crippen molar-refractivity contribution in [2.45, 2.75) is 31.8 Å². The molecule has 2 fully saturated rings. The molecule has 2 aliphatic heterocycles. The number of benzene rings is 1. The summed E-state index contributed by atoms with van der Waals surface area (Å²) >= 11 is 0. The van der Waals surface area contributed by atoms with Crippen molar-refractivity contribution in [3.05, 3.63) is 30.3 Å². The maximum Gasteiger partial charge on any atom is 0.248 e. The van der Waals surface area contributed by atoms with Crippen molar-refractivity contribution in [3.63, 3.8) is 0 Å². The largest absolute Gasteiger partial charge is 0.494 e. The van der Waals surface area contributed by atoms with Crippen LogP contribution < -0.4 is 4.74 Å². The topological polar surface area (TPSA) is 62.2 Å². The van der Waals surface area contributed by atoms with Crippen molar-refractivity contribution in [2.24, 2.45) is 5.41 Å². The summed E-state index contributed by atoms with van der Waals surface area (Å²) in [7, 11) is 1.55. The minimum atomic E-state index is -0.340. The Kier molecular flexibility index (Phi) is 7.10. The Bertz CT molecular complexity index is 597. The summed E-state index contributed by atoms with van der Waals surface area (Å²) < 4.78 is 10.8. The number of piperidine rings is 2. The number of hydrogen-bond donors (Lipinski definition) is 1. The highest BCUT2D eigenvalue weighted by atomic mass is 16.5. The van der Waals surface area contributed by atoms with Crippen LogP contribution in [-0.2, 0) is 9.53 Å². The lowest BCUT2D eigenvalue weighted by Crippen LogP contribution is -2.60. The number of methoxy groups -OCH3 is 1. The van der Waals surface area contributed by atoms with Gasteiger partial charge in [0.25, 0.3) is 0 Å². The van der Waals surface area contributed by atoms with Crippen molar-refractivity contribution in [1.29, 1.82) is 0 Å². The van der Waals surface area contributed by atoms with E-state index in [9.17, 15) is 9.90 Å². The van der Waals surface area contributed by atoms with Crippen LogP contribution in [0.1, 0.15) is 25.7 Å². The standard InChI is InChI=1S/C21H32N2O4/c1-26-15-20(25)23-12-5-10-21(17-23)16-22(13-9-19(21)24)11-6-14-27-18-7-3-2-4-8-18/h2-4,7-8,19,24H,5-6,9-17H2,1H3/t19-,21-/m1/s1. The molecule has 0 saturated carbocycles. The van der Waals surface area contributed by atoms with E-state index in [-0.39, 0.29) is 24.0 Å². The maximum absolute atomic E-state index is 12.2. The van der Waals surface area contributed by atoms with Crippen LogP contribution in [0.4, 0.5) is 0 Å². The summed E-state index contributed by atoms with van der Waals surface area (Å²) in [6.07, 6.45) is 3.30. The van der Waals surface area contributed by atoms with Gasteiger partial charge in [0.05, 0.1) is 12.7 Å². The van der Waals surface area contributed by atoms with E-state index in [0.29, 0.717) is 13.2 Å². The van der Waals surface area contributed by atoms with Gasteiger partial charge in [-0.25, -0.2) is 0 Å². The number of carbonyl (C=O) groups is 1. The first kappa shape index (κ1) is 20.1. The van der Waals surface area contributed by atoms with E-state index in [4.69, 9.17) is 9.47 Å². The van der Waals surface area contributed by atoms with Gasteiger partial charge in [-0.1, -0.05) is 18.2 Å². The predicted molar refractivity (Wildman–Crippen MR) is 104 cm³/mol. The van der Waals surface area contributed by atoms with Crippen molar-refractivity contribution < 1.29 is 19.4 Å². The minimum Gasteiger partial charge on any atom is -0.494 e. The average Bonchev–Trinajstić information content (AvgIpc) is 2.69. The van der Waals surface area contributed by atoms with Crippen molar-refractivity contribution in [1.82, 2.24) is 9.80 Å². The smallest absolute Gasteiger partial charge is 0.248 e. The number of aliphatic hydroxyl groups excluding tert-OH is 1. The van der Waals surface area contributed by atoms with Crippen molar-refractivity contribution in [2.75, 3.05) is 53.0 Å². The molecule has 2 atom stereocenters. The van der Waals surface area contributed by atoms with Gasteiger partial charge in [-0.15, -0.1) is 0 Å². The first-order valence-electron chi connectivity index (χ1n) is 9.98. The fraction of sp³-hybridized carbons (Fsp3) is 0.667. The third kappa shape index (κ3) is 5.21. The highest BCUT2D eigenvalue weighted by Crippen LogP contribution is 2.38. The van der Waals surface area contributed by atoms with E-state index in [0.717, 1.165) is 57.6 Å². The highest BCUT2D eigenvalue weighted by Gasteiger charge is 2.46. The molecule has 150 valence electrons. The Balaban J connectivity index is 1.50. The third-order valence-corrected chi connectivity index (χ3v) is 5.82. The summed E-state index contributed by atoms with van der Waals surface area (Å²) in [4.78, 5) is 16.5. The van der Waals surface area contributed by atoms with Gasteiger partial charge in [-0.2, -0.15) is 0 Å². The van der Waals surface area contributed by atoms with Crippen LogP contribution in [0.2, 0.25) is 0 Å². The minimum absolute atomic E-state index is 0.0251. The van der Waals surface area contributed by atoms with Gasteiger partial charge >= 0.3 is 0 Å². The molecule has 2 heterocycles. The van der Waals surface area contributed by atoms with E-state index in [2.05, 4.69) is 4.90 Å². The fourth-order valence-corrected chi connectivity index (χ4v) is 4.42. The van der Waals surface area contributed by atoms with E-state index in [1.807, 2.05) is 35.2 Å². The lowest BCUT2D eigenvalue weighted by Gasteiger charge is -2.51. The van der Waals surface area contributed by atoms with Gasteiger partial charge in [0.2, 0.25) is 5.91 Å². The van der Waals surface area contributed by atoms with Gasteiger partial charge in [0.1, 0.15) is 12.4 Å². The van der Waals surface area contributed by atoms with Crippen LogP contribution in [0.25, 0.3) is 0 Å². The molecule has 3 rings (SSSR count). The van der Waals surface area contributed by atoms with Crippen LogP contribution in [0.5, 0.6) is 5.75 Å². The Labute approximate surface area is 162 Å². The van der Waals surface area contributed by atoms with Crippen molar-refractivity contribution >= 4 is 5.91 Å². The number of hydrogen-bond acceptors (Lipinski definition) is 5. The second kappa shape index (κ2) is 9.53. The lowest BCUT2D eigenvalue weighted by atomic mass is 9.71. The Morgan fingerprint density at radius 1 is 1.26 bits per heavy atom. The zero-order valence-electron chi connectivity index (χ0n) is 16.3. The van der Waals surface area contributed by atoms with Crippen LogP contribution in [0, 0.1) is 5.41 Å². The third-order valence-electron chi connectivity index (χ3n) is 5.82. The first-order valence-corrected chi connectivity index (χ1v) is 9.98. The van der Waals surface area contributed by atoms with Gasteiger partial charge < -0.3 is 24.4 Å². The molecular weight excluding hydrogens is 344 g/mol. The number of ether oxygens (including phenoxy) is 2. The number of likely N-dealkylation sites (tertiary alicyclic amines) is 2. The van der Waals surface area contributed by atoms with Crippen LogP contribution >= 0.6 is 0 Å². The number of amides is 1. The van der Waals surface area contributed by atoms with Crippen LogP contribution in [-0.4, -0.2) is 80.0 Å². The number of carbonyl (C=O) groups excluding carboxylic acids is 1. The molecule has 0 unspecified atom stereocenters. The van der Waals surface area contributed by atoms with E-state index >= 15 is 0 Å². The Morgan fingerprint density at radius 3 is 2.85 bits per heavy atom. The number of para-hydroxylation sites is 1. The zero-order chi connectivity index (χ0) is 19.1. The molecule has 1 amide bonds. The average molecular weight is 376 g/mol. The normalized spacial score (nSPS) is 26.3. The van der Waals surface area contributed by atoms with Crippen LogP contribution in [0.15, 0.2) is 30.3 Å². The molecule has 6 heteroatoms. The molecule has 0 aliphatic carbocycles. The summed E-state index contributed by atoms with van der Waals surface area (Å²) in [5, 5.41) is 10.7. The molecular formula is C21H32N2O4. The lowest BCUT2D eigenvalue weighted by molar-refractivity contribution is -0.145. The molecule has 0 radical (unpaired) electrons. The Hall–Kier alpha value is -1.63. The number of rotatable bonds is 7. The van der Waals surface area contributed by atoms with E-state index in [1.165, 1.54) is 0 Å². The molecule has 1 aromatic rings. The van der Waals surface area contributed by atoms with Crippen LogP contribution in [0.3, 0.4) is 0 Å². The van der Waals surface area contributed by atoms with E-state index in [1.54, 1.807) is 7.11 Å². The molecule has 0 bridgehead atoms. The number of nitrogens with zero attached hydrogens (tertiary/aromatic N) is 2. The van der Waals surface area contributed by atoms with Crippen molar-refractivity contribution in [3.8, 4) is 5.75 Å². The molecule has 6 nitrogen and oxygen atoms in total. The molecule has 1 N–H and O–H groups in total. The van der Waals surface area contributed by atoms with E-state index < -0.39 is 0 Å². The first-order chi connectivity index (χ1) is 13.1. The van der Waals surface area contributed by atoms with Gasteiger partial charge in [-0.05, 0) is 37.8 Å². The van der Waals surface area contributed by atoms with Gasteiger partial charge in [-0.3, -0.25) is 4.79 Å². The second-order valence-electron chi connectivity index (χ2n) is 7.81. The summed E-state index contributed by atoms with van der Waals surface area (Å²) in [5.41, 5.74) is -0.208. The van der Waals surface area contributed by atoms with Gasteiger partial charge in [0, 0.05) is 45.2 Å². The molecule has 2 saturated heterocycles. The monoisotopic (exact) mass is 376 g/mol. The highest BCUT2D eigenvalue weighted by molar-refractivity contribution is 5.77. The molecule has 1 aromatic carbocycles. The zero-order valence-corrected chi connectivity index (χ0v) is 16.3. The summed E-state index contributed by atoms with van der Waals surface area (Å²) in [6.45, 7) is 4.90. The predicted octanol–water partition coefficient (Wildman–Crippen LogP) is 1.78.